The monoisotopic (exact) mass is 402 g/mol. The highest BCUT2D eigenvalue weighted by atomic mass is 19.4. The van der Waals surface area contributed by atoms with Crippen LogP contribution in [0.1, 0.15) is 38.8 Å². The molecule has 0 bridgehead atoms. The Morgan fingerprint density at radius 2 is 1.59 bits per heavy atom. The number of fused-ring (bicyclic) bond motifs is 1. The van der Waals surface area contributed by atoms with Gasteiger partial charge in [0.05, 0.1) is 28.8 Å². The number of halogens is 3. The highest BCUT2D eigenvalue weighted by Gasteiger charge is 2.51. The molecule has 2 heterocycles. The molecular weight excluding hydrogens is 380 g/mol. The summed E-state index contributed by atoms with van der Waals surface area (Å²) in [7, 11) is -0.456. The lowest BCUT2D eigenvalue weighted by Crippen LogP contribution is -2.41. The van der Waals surface area contributed by atoms with Gasteiger partial charge in [-0.15, -0.1) is 0 Å². The van der Waals surface area contributed by atoms with Gasteiger partial charge in [-0.25, -0.2) is 0 Å². The average Bonchev–Trinajstić information content (AvgIpc) is 3.10. The van der Waals surface area contributed by atoms with Crippen molar-refractivity contribution in [1.29, 1.82) is 0 Å². The van der Waals surface area contributed by atoms with Gasteiger partial charge in [-0.05, 0) is 56.9 Å². The molecule has 8 heteroatoms. The minimum atomic E-state index is -4.33. The van der Waals surface area contributed by atoms with E-state index in [1.807, 2.05) is 52.1 Å². The lowest BCUT2D eigenvalue weighted by Gasteiger charge is -2.32. The van der Waals surface area contributed by atoms with Crippen molar-refractivity contribution in [3.8, 4) is 0 Å². The Kier molecular flexibility index (Phi) is 4.55. The van der Waals surface area contributed by atoms with Gasteiger partial charge in [-0.2, -0.15) is 18.3 Å². The molecule has 2 aromatic carbocycles. The number of rotatable bonds is 3. The Labute approximate surface area is 167 Å². The first-order chi connectivity index (χ1) is 13.4. The van der Waals surface area contributed by atoms with Crippen LogP contribution in [0, 0.1) is 0 Å². The molecule has 0 atom stereocenters. The fraction of sp³-hybridized carbons (Fsp3) is 0.381. The highest BCUT2D eigenvalue weighted by molar-refractivity contribution is 6.62. The summed E-state index contributed by atoms with van der Waals surface area (Å²) in [6, 6.07) is 11.0. The smallest absolute Gasteiger partial charge is 0.399 e. The summed E-state index contributed by atoms with van der Waals surface area (Å²) >= 11 is 0. The van der Waals surface area contributed by atoms with Crippen LogP contribution < -0.4 is 5.46 Å². The second-order valence-corrected chi connectivity index (χ2v) is 8.43. The third-order valence-electron chi connectivity index (χ3n) is 5.73. The first-order valence-corrected chi connectivity index (χ1v) is 9.43. The van der Waals surface area contributed by atoms with E-state index < -0.39 is 30.1 Å². The molecule has 0 spiro atoms. The van der Waals surface area contributed by atoms with Gasteiger partial charge < -0.3 is 9.31 Å². The molecular formula is C21H22BF3N2O2. The molecule has 1 aromatic heterocycles. The molecule has 0 radical (unpaired) electrons. The van der Waals surface area contributed by atoms with Crippen molar-refractivity contribution >= 4 is 23.5 Å². The predicted octanol–water partition coefficient (Wildman–Crippen LogP) is 4.40. The predicted molar refractivity (Wildman–Crippen MR) is 106 cm³/mol. The van der Waals surface area contributed by atoms with Gasteiger partial charge >= 0.3 is 13.3 Å². The first kappa shape index (κ1) is 20.0. The van der Waals surface area contributed by atoms with Crippen molar-refractivity contribution in [2.75, 3.05) is 0 Å². The summed E-state index contributed by atoms with van der Waals surface area (Å²) in [5.74, 6) is 0. The van der Waals surface area contributed by atoms with E-state index in [1.54, 1.807) is 4.68 Å². The topological polar surface area (TPSA) is 36.3 Å². The maximum Gasteiger partial charge on any atom is 0.494 e. The second kappa shape index (κ2) is 6.60. The summed E-state index contributed by atoms with van der Waals surface area (Å²) in [5, 5.41) is 5.44. The molecule has 152 valence electrons. The van der Waals surface area contributed by atoms with E-state index in [2.05, 4.69) is 5.10 Å². The summed E-state index contributed by atoms with van der Waals surface area (Å²) in [4.78, 5) is 0. The third kappa shape index (κ3) is 3.79. The minimum absolute atomic E-state index is 0.388. The van der Waals surface area contributed by atoms with Crippen LogP contribution in [0.15, 0.2) is 48.7 Å². The first-order valence-electron chi connectivity index (χ1n) is 9.43. The van der Waals surface area contributed by atoms with E-state index >= 15 is 0 Å². The fourth-order valence-corrected chi connectivity index (χ4v) is 3.29. The van der Waals surface area contributed by atoms with Gasteiger partial charge in [-0.3, -0.25) is 4.68 Å². The Bertz CT molecular complexity index is 1030. The molecule has 0 saturated carbocycles. The molecule has 0 amide bonds. The number of aromatic nitrogens is 2. The molecule has 4 nitrogen and oxygen atoms in total. The standard InChI is InChI=1S/C21H22BF3N2O2/c1-19(2)20(3,4)29-22(28-19)17-9-10-18-15(11-17)13-27(26-18)12-14-5-7-16(8-6-14)21(23,24)25/h5-11,13H,12H2,1-4H3. The number of benzene rings is 2. The van der Waals surface area contributed by atoms with Gasteiger partial charge in [0.15, 0.2) is 0 Å². The van der Waals surface area contributed by atoms with Gasteiger partial charge in [0.1, 0.15) is 0 Å². The van der Waals surface area contributed by atoms with E-state index in [4.69, 9.17) is 9.31 Å². The molecule has 1 aliphatic rings. The van der Waals surface area contributed by atoms with Crippen molar-refractivity contribution in [3.63, 3.8) is 0 Å². The zero-order chi connectivity index (χ0) is 21.0. The van der Waals surface area contributed by atoms with E-state index in [0.717, 1.165) is 34.1 Å². The highest BCUT2D eigenvalue weighted by Crippen LogP contribution is 2.36. The summed E-state index contributed by atoms with van der Waals surface area (Å²) in [6.45, 7) is 8.42. The number of alkyl halides is 3. The molecule has 4 rings (SSSR count). The molecule has 1 fully saturated rings. The molecule has 1 aliphatic heterocycles. The minimum Gasteiger partial charge on any atom is -0.399 e. The van der Waals surface area contributed by atoms with Crippen molar-refractivity contribution in [2.24, 2.45) is 0 Å². The van der Waals surface area contributed by atoms with Crippen LogP contribution in [0.4, 0.5) is 13.2 Å². The normalized spacial score (nSPS) is 18.5. The molecule has 29 heavy (non-hydrogen) atoms. The van der Waals surface area contributed by atoms with Gasteiger partial charge in [0.2, 0.25) is 0 Å². The Morgan fingerprint density at radius 1 is 0.966 bits per heavy atom. The van der Waals surface area contributed by atoms with Crippen LogP contribution >= 0.6 is 0 Å². The summed E-state index contributed by atoms with van der Waals surface area (Å²) < 4.78 is 52.1. The van der Waals surface area contributed by atoms with Gasteiger partial charge in [0.25, 0.3) is 0 Å². The van der Waals surface area contributed by atoms with Crippen LogP contribution in [0.2, 0.25) is 0 Å². The fourth-order valence-electron chi connectivity index (χ4n) is 3.29. The molecule has 0 unspecified atom stereocenters. The van der Waals surface area contributed by atoms with Crippen molar-refractivity contribution in [2.45, 2.75) is 51.6 Å². The largest absolute Gasteiger partial charge is 0.494 e. The molecule has 3 aromatic rings. The Hall–Kier alpha value is -2.32. The van der Waals surface area contributed by atoms with Crippen LogP contribution in [0.5, 0.6) is 0 Å². The SMILES string of the molecule is CC1(C)OB(c2ccc3nn(Cc4ccc(C(F)(F)F)cc4)cc3c2)OC1(C)C. The van der Waals surface area contributed by atoms with Crippen LogP contribution in [-0.4, -0.2) is 28.1 Å². The van der Waals surface area contributed by atoms with Crippen molar-refractivity contribution in [3.05, 3.63) is 59.8 Å². The van der Waals surface area contributed by atoms with E-state index in [1.165, 1.54) is 12.1 Å². The quantitative estimate of drug-likeness (QED) is 0.610. The van der Waals surface area contributed by atoms with Crippen LogP contribution in [0.25, 0.3) is 10.9 Å². The van der Waals surface area contributed by atoms with Gasteiger partial charge in [-0.1, -0.05) is 24.3 Å². The zero-order valence-electron chi connectivity index (χ0n) is 16.7. The Balaban J connectivity index is 1.55. The lowest BCUT2D eigenvalue weighted by atomic mass is 9.79. The van der Waals surface area contributed by atoms with E-state index in [9.17, 15) is 13.2 Å². The van der Waals surface area contributed by atoms with E-state index in [-0.39, 0.29) is 0 Å². The maximum absolute atomic E-state index is 12.7. The lowest BCUT2D eigenvalue weighted by molar-refractivity contribution is -0.137. The Morgan fingerprint density at radius 3 is 2.17 bits per heavy atom. The summed E-state index contributed by atoms with van der Waals surface area (Å²) in [6.07, 6.45) is -2.45. The average molecular weight is 402 g/mol. The van der Waals surface area contributed by atoms with Crippen molar-refractivity contribution < 1.29 is 22.5 Å². The van der Waals surface area contributed by atoms with Crippen molar-refractivity contribution in [1.82, 2.24) is 9.78 Å². The number of hydrogen-bond donors (Lipinski definition) is 0. The van der Waals surface area contributed by atoms with Crippen LogP contribution in [-0.2, 0) is 22.0 Å². The number of nitrogens with zero attached hydrogens (tertiary/aromatic N) is 2. The second-order valence-electron chi connectivity index (χ2n) is 8.43. The zero-order valence-corrected chi connectivity index (χ0v) is 16.7. The maximum atomic E-state index is 12.7. The molecule has 0 aliphatic carbocycles. The van der Waals surface area contributed by atoms with E-state index in [0.29, 0.717) is 6.54 Å². The van der Waals surface area contributed by atoms with Crippen LogP contribution in [0.3, 0.4) is 0 Å². The molecule has 1 saturated heterocycles. The molecule has 0 N–H and O–H groups in total. The number of hydrogen-bond acceptors (Lipinski definition) is 3. The third-order valence-corrected chi connectivity index (χ3v) is 5.73. The van der Waals surface area contributed by atoms with Gasteiger partial charge in [0, 0.05) is 11.6 Å². The summed E-state index contributed by atoms with van der Waals surface area (Å²) in [5.41, 5.74) is 0.969.